The van der Waals surface area contributed by atoms with Crippen LogP contribution in [-0.4, -0.2) is 41.3 Å². The van der Waals surface area contributed by atoms with Gasteiger partial charge in [-0.2, -0.15) is 0 Å². The number of methoxy groups -OCH3 is 1. The standard InChI is InChI=1S/C17H17N3O3S2/c1-22-9-8-20(16(21)7-6-13-4-2-10-24-13)12-15-18-19-17(23-15)14-5-3-11-25-14/h2-7,10-11H,8-9,12H2,1H3. The van der Waals surface area contributed by atoms with Crippen molar-refractivity contribution in [3.8, 4) is 10.8 Å². The van der Waals surface area contributed by atoms with Crippen LogP contribution in [-0.2, 0) is 16.1 Å². The average molecular weight is 375 g/mol. The summed E-state index contributed by atoms with van der Waals surface area (Å²) in [5.41, 5.74) is 0. The number of ether oxygens (including phenoxy) is 1. The Bertz CT molecular complexity index is 810. The number of carbonyl (C=O) groups is 1. The van der Waals surface area contributed by atoms with E-state index in [-0.39, 0.29) is 12.5 Å². The van der Waals surface area contributed by atoms with Gasteiger partial charge in [-0.05, 0) is 29.0 Å². The second-order valence-electron chi connectivity index (χ2n) is 5.08. The number of thiophene rings is 2. The SMILES string of the molecule is COCCN(Cc1nnc(-c2cccs2)o1)C(=O)C=Cc1cccs1. The summed E-state index contributed by atoms with van der Waals surface area (Å²) in [6.45, 7) is 1.13. The molecule has 0 aliphatic rings. The number of aromatic nitrogens is 2. The summed E-state index contributed by atoms with van der Waals surface area (Å²) in [7, 11) is 1.60. The van der Waals surface area contributed by atoms with Crippen molar-refractivity contribution in [2.75, 3.05) is 20.3 Å². The molecule has 0 radical (unpaired) electrons. The van der Waals surface area contributed by atoms with Crippen molar-refractivity contribution in [1.29, 1.82) is 0 Å². The van der Waals surface area contributed by atoms with Gasteiger partial charge in [0, 0.05) is 24.6 Å². The molecule has 6 nitrogen and oxygen atoms in total. The summed E-state index contributed by atoms with van der Waals surface area (Å²) < 4.78 is 10.8. The summed E-state index contributed by atoms with van der Waals surface area (Å²) >= 11 is 3.11. The Hall–Kier alpha value is -2.29. The molecule has 8 heteroatoms. The lowest BCUT2D eigenvalue weighted by Crippen LogP contribution is -2.32. The first-order chi connectivity index (χ1) is 12.3. The van der Waals surface area contributed by atoms with Gasteiger partial charge in [-0.15, -0.1) is 32.9 Å². The van der Waals surface area contributed by atoms with Crippen molar-refractivity contribution in [2.24, 2.45) is 0 Å². The maximum absolute atomic E-state index is 12.5. The monoisotopic (exact) mass is 375 g/mol. The Labute approximate surface area is 153 Å². The second kappa shape index (κ2) is 8.70. The predicted octanol–water partition coefficient (Wildman–Crippen LogP) is 3.55. The van der Waals surface area contributed by atoms with Gasteiger partial charge in [0.05, 0.1) is 18.0 Å². The summed E-state index contributed by atoms with van der Waals surface area (Å²) in [5.74, 6) is 0.747. The molecule has 0 aliphatic heterocycles. The molecule has 0 spiro atoms. The molecule has 3 aromatic heterocycles. The Morgan fingerprint density at radius 3 is 2.84 bits per heavy atom. The molecule has 1 amide bonds. The summed E-state index contributed by atoms with van der Waals surface area (Å²) in [6, 6.07) is 7.74. The largest absolute Gasteiger partial charge is 0.418 e. The zero-order chi connectivity index (χ0) is 17.5. The second-order valence-corrected chi connectivity index (χ2v) is 7.01. The number of amides is 1. The van der Waals surface area contributed by atoms with Crippen LogP contribution < -0.4 is 0 Å². The minimum absolute atomic E-state index is 0.124. The van der Waals surface area contributed by atoms with E-state index in [0.29, 0.717) is 24.9 Å². The predicted molar refractivity (Wildman–Crippen MR) is 98.3 cm³/mol. The molecule has 3 rings (SSSR count). The lowest BCUT2D eigenvalue weighted by Gasteiger charge is -2.18. The van der Waals surface area contributed by atoms with Gasteiger partial charge in [-0.25, -0.2) is 0 Å². The minimum atomic E-state index is -0.124. The first-order valence-electron chi connectivity index (χ1n) is 7.62. The Morgan fingerprint density at radius 1 is 1.28 bits per heavy atom. The molecule has 0 bridgehead atoms. The number of hydrogen-bond donors (Lipinski definition) is 0. The van der Waals surface area contributed by atoms with Crippen LogP contribution in [0.4, 0.5) is 0 Å². The van der Waals surface area contributed by atoms with Crippen molar-refractivity contribution in [2.45, 2.75) is 6.54 Å². The van der Waals surface area contributed by atoms with E-state index in [1.807, 2.05) is 35.0 Å². The third kappa shape index (κ3) is 4.85. The van der Waals surface area contributed by atoms with Gasteiger partial charge in [-0.1, -0.05) is 12.1 Å². The maximum Gasteiger partial charge on any atom is 0.257 e. The molecule has 0 saturated heterocycles. The zero-order valence-electron chi connectivity index (χ0n) is 13.6. The lowest BCUT2D eigenvalue weighted by atomic mass is 10.3. The molecule has 25 heavy (non-hydrogen) atoms. The maximum atomic E-state index is 12.5. The molecule has 3 heterocycles. The quantitative estimate of drug-likeness (QED) is 0.563. The first-order valence-corrected chi connectivity index (χ1v) is 9.38. The van der Waals surface area contributed by atoms with Crippen LogP contribution in [0.3, 0.4) is 0 Å². The van der Waals surface area contributed by atoms with E-state index in [2.05, 4.69) is 10.2 Å². The molecule has 0 N–H and O–H groups in total. The van der Waals surface area contributed by atoms with Gasteiger partial charge in [0.25, 0.3) is 5.89 Å². The van der Waals surface area contributed by atoms with Crippen molar-refractivity contribution in [1.82, 2.24) is 15.1 Å². The summed E-state index contributed by atoms with van der Waals surface area (Å²) in [6.07, 6.45) is 3.36. The smallest absolute Gasteiger partial charge is 0.257 e. The van der Waals surface area contributed by atoms with Crippen LogP contribution in [0.15, 0.2) is 45.5 Å². The fourth-order valence-electron chi connectivity index (χ4n) is 2.09. The van der Waals surface area contributed by atoms with E-state index in [0.717, 1.165) is 9.75 Å². The molecule has 3 aromatic rings. The van der Waals surface area contributed by atoms with Crippen LogP contribution in [0, 0.1) is 0 Å². The lowest BCUT2D eigenvalue weighted by molar-refractivity contribution is -0.127. The average Bonchev–Trinajstić information content (AvgIpc) is 3.38. The highest BCUT2D eigenvalue weighted by Crippen LogP contribution is 2.23. The van der Waals surface area contributed by atoms with Crippen molar-refractivity contribution < 1.29 is 13.9 Å². The highest BCUT2D eigenvalue weighted by Gasteiger charge is 2.16. The third-order valence-corrected chi connectivity index (χ3v) is 5.03. The molecule has 130 valence electrons. The fourth-order valence-corrected chi connectivity index (χ4v) is 3.36. The van der Waals surface area contributed by atoms with Crippen molar-refractivity contribution >= 4 is 34.7 Å². The van der Waals surface area contributed by atoms with E-state index in [9.17, 15) is 4.79 Å². The molecule has 0 aromatic carbocycles. The summed E-state index contributed by atoms with van der Waals surface area (Å²) in [4.78, 5) is 16.0. The first kappa shape index (κ1) is 17.5. The fraction of sp³-hybridized carbons (Fsp3) is 0.235. The van der Waals surface area contributed by atoms with E-state index in [1.54, 1.807) is 35.5 Å². The minimum Gasteiger partial charge on any atom is -0.418 e. The number of carbonyl (C=O) groups excluding carboxylic acids is 1. The normalized spacial score (nSPS) is 11.2. The van der Waals surface area contributed by atoms with Crippen LogP contribution in [0.1, 0.15) is 10.8 Å². The number of nitrogens with zero attached hydrogens (tertiary/aromatic N) is 3. The molecular formula is C17H17N3O3S2. The molecule has 0 unspecified atom stereocenters. The third-order valence-electron chi connectivity index (χ3n) is 3.34. The highest BCUT2D eigenvalue weighted by molar-refractivity contribution is 7.13. The Balaban J connectivity index is 1.68. The van der Waals surface area contributed by atoms with Gasteiger partial charge >= 0.3 is 0 Å². The van der Waals surface area contributed by atoms with Gasteiger partial charge in [0.1, 0.15) is 0 Å². The van der Waals surface area contributed by atoms with E-state index in [1.165, 1.54) is 11.3 Å². The Kier molecular flexibility index (Phi) is 6.10. The van der Waals surface area contributed by atoms with Crippen molar-refractivity contribution in [3.63, 3.8) is 0 Å². The molecule has 0 fully saturated rings. The molecule has 0 atom stereocenters. The van der Waals surface area contributed by atoms with E-state index in [4.69, 9.17) is 9.15 Å². The Morgan fingerprint density at radius 2 is 2.12 bits per heavy atom. The molecule has 0 saturated carbocycles. The van der Waals surface area contributed by atoms with Gasteiger partial charge < -0.3 is 14.1 Å². The van der Waals surface area contributed by atoms with Gasteiger partial charge in [0.2, 0.25) is 11.8 Å². The molecule has 0 aliphatic carbocycles. The van der Waals surface area contributed by atoms with Crippen LogP contribution in [0.25, 0.3) is 16.8 Å². The van der Waals surface area contributed by atoms with Crippen molar-refractivity contribution in [3.05, 3.63) is 51.9 Å². The number of hydrogen-bond acceptors (Lipinski definition) is 7. The summed E-state index contributed by atoms with van der Waals surface area (Å²) in [5, 5.41) is 12.0. The number of rotatable bonds is 8. The van der Waals surface area contributed by atoms with Crippen LogP contribution in [0.2, 0.25) is 0 Å². The van der Waals surface area contributed by atoms with E-state index < -0.39 is 0 Å². The van der Waals surface area contributed by atoms with Crippen LogP contribution in [0.5, 0.6) is 0 Å². The molecular weight excluding hydrogens is 358 g/mol. The topological polar surface area (TPSA) is 68.5 Å². The zero-order valence-corrected chi connectivity index (χ0v) is 15.3. The van der Waals surface area contributed by atoms with Gasteiger partial charge in [0.15, 0.2) is 0 Å². The van der Waals surface area contributed by atoms with Gasteiger partial charge in [-0.3, -0.25) is 4.79 Å². The van der Waals surface area contributed by atoms with E-state index >= 15 is 0 Å². The van der Waals surface area contributed by atoms with Crippen LogP contribution >= 0.6 is 22.7 Å². The highest BCUT2D eigenvalue weighted by atomic mass is 32.1.